The zero-order valence-corrected chi connectivity index (χ0v) is 8.41. The van der Waals surface area contributed by atoms with Crippen molar-refractivity contribution in [2.75, 3.05) is 0 Å². The van der Waals surface area contributed by atoms with Gasteiger partial charge in [-0.2, -0.15) is 13.2 Å². The fraction of sp³-hybridized carbons (Fsp3) is 1.00. The van der Waals surface area contributed by atoms with Gasteiger partial charge in [0.05, 0.1) is 5.41 Å². The van der Waals surface area contributed by atoms with Crippen molar-refractivity contribution < 1.29 is 13.2 Å². The second-order valence-corrected chi connectivity index (χ2v) is 4.91. The number of alkyl halides is 3. The van der Waals surface area contributed by atoms with Crippen LogP contribution in [0.5, 0.6) is 0 Å². The Morgan fingerprint density at radius 1 is 1.08 bits per heavy atom. The summed E-state index contributed by atoms with van der Waals surface area (Å²) < 4.78 is 38.0. The van der Waals surface area contributed by atoms with Crippen LogP contribution in [0.25, 0.3) is 0 Å². The van der Waals surface area contributed by atoms with Crippen molar-refractivity contribution in [2.45, 2.75) is 46.2 Å². The van der Waals surface area contributed by atoms with E-state index < -0.39 is 11.6 Å². The lowest BCUT2D eigenvalue weighted by molar-refractivity contribution is -0.236. The lowest BCUT2D eigenvalue weighted by atomic mass is 9.67. The Bertz CT molecular complexity index is 173. The minimum Gasteiger partial charge on any atom is -0.171 e. The van der Waals surface area contributed by atoms with Crippen LogP contribution in [0.4, 0.5) is 13.2 Å². The van der Waals surface area contributed by atoms with E-state index >= 15 is 0 Å². The van der Waals surface area contributed by atoms with Crippen LogP contribution < -0.4 is 0 Å². The monoisotopic (exact) mass is 194 g/mol. The molecular formula is C10H17F3. The van der Waals surface area contributed by atoms with Gasteiger partial charge in [-0.25, -0.2) is 0 Å². The van der Waals surface area contributed by atoms with Crippen LogP contribution in [0.1, 0.15) is 40.0 Å². The lowest BCUT2D eigenvalue weighted by Gasteiger charge is -2.41. The van der Waals surface area contributed by atoms with E-state index in [2.05, 4.69) is 0 Å². The van der Waals surface area contributed by atoms with Gasteiger partial charge in [0, 0.05) is 0 Å². The van der Waals surface area contributed by atoms with Gasteiger partial charge in [-0.3, -0.25) is 0 Å². The average molecular weight is 194 g/mol. The summed E-state index contributed by atoms with van der Waals surface area (Å²) in [4.78, 5) is 0. The highest BCUT2D eigenvalue weighted by molar-refractivity contribution is 4.89. The van der Waals surface area contributed by atoms with Crippen molar-refractivity contribution >= 4 is 0 Å². The third-order valence-electron chi connectivity index (χ3n) is 3.09. The average Bonchev–Trinajstić information content (AvgIpc) is 1.79. The molecular weight excluding hydrogens is 177 g/mol. The molecule has 78 valence electrons. The van der Waals surface area contributed by atoms with E-state index in [-0.39, 0.29) is 11.8 Å². The maximum atomic E-state index is 12.7. The fourth-order valence-electron chi connectivity index (χ4n) is 2.71. The Kier molecular flexibility index (Phi) is 2.65. The Morgan fingerprint density at radius 3 is 1.77 bits per heavy atom. The van der Waals surface area contributed by atoms with Gasteiger partial charge in [0.2, 0.25) is 0 Å². The van der Waals surface area contributed by atoms with E-state index in [0.29, 0.717) is 12.8 Å². The highest BCUT2D eigenvalue weighted by atomic mass is 19.4. The van der Waals surface area contributed by atoms with Gasteiger partial charge in [-0.15, -0.1) is 0 Å². The Morgan fingerprint density at radius 2 is 1.46 bits per heavy atom. The maximum Gasteiger partial charge on any atom is 0.394 e. The standard InChI is InChI=1S/C10H17F3/c1-7-4-8(2)6-9(3,5-7)10(11,12)13/h7-8H,4-6H2,1-3H3. The van der Waals surface area contributed by atoms with Crippen molar-refractivity contribution in [3.63, 3.8) is 0 Å². The SMILES string of the molecule is CC1CC(C)CC(C)(C(F)(F)F)C1. The van der Waals surface area contributed by atoms with E-state index in [4.69, 9.17) is 0 Å². The smallest absolute Gasteiger partial charge is 0.171 e. The van der Waals surface area contributed by atoms with E-state index in [9.17, 15) is 13.2 Å². The molecule has 0 amide bonds. The van der Waals surface area contributed by atoms with Gasteiger partial charge >= 0.3 is 6.18 Å². The number of hydrogen-bond acceptors (Lipinski definition) is 0. The summed E-state index contributed by atoms with van der Waals surface area (Å²) in [5, 5.41) is 0. The van der Waals surface area contributed by atoms with Crippen molar-refractivity contribution in [2.24, 2.45) is 17.3 Å². The summed E-state index contributed by atoms with van der Waals surface area (Å²) in [6.07, 6.45) is -2.51. The molecule has 1 aliphatic rings. The molecule has 1 rings (SSSR count). The first-order valence-electron chi connectivity index (χ1n) is 4.81. The minimum atomic E-state index is -4.03. The predicted molar refractivity (Wildman–Crippen MR) is 46.3 cm³/mol. The number of rotatable bonds is 0. The van der Waals surface area contributed by atoms with E-state index in [1.807, 2.05) is 13.8 Å². The highest BCUT2D eigenvalue weighted by Gasteiger charge is 2.53. The molecule has 0 heterocycles. The fourth-order valence-corrected chi connectivity index (χ4v) is 2.71. The third kappa shape index (κ3) is 2.18. The predicted octanol–water partition coefficient (Wildman–Crippen LogP) is 4.01. The van der Waals surface area contributed by atoms with Crippen LogP contribution >= 0.6 is 0 Å². The Hall–Kier alpha value is -0.210. The van der Waals surface area contributed by atoms with E-state index in [1.165, 1.54) is 6.92 Å². The molecule has 0 nitrogen and oxygen atoms in total. The molecule has 0 saturated heterocycles. The lowest BCUT2D eigenvalue weighted by Crippen LogP contribution is -2.41. The molecule has 2 unspecified atom stereocenters. The van der Waals surface area contributed by atoms with Crippen LogP contribution in [-0.4, -0.2) is 6.18 Å². The molecule has 13 heavy (non-hydrogen) atoms. The molecule has 0 spiro atoms. The molecule has 2 atom stereocenters. The van der Waals surface area contributed by atoms with Gasteiger partial charge < -0.3 is 0 Å². The molecule has 0 aromatic rings. The van der Waals surface area contributed by atoms with Crippen LogP contribution in [0, 0.1) is 17.3 Å². The summed E-state index contributed by atoms with van der Waals surface area (Å²) in [6, 6.07) is 0. The molecule has 0 aliphatic heterocycles. The largest absolute Gasteiger partial charge is 0.394 e. The normalized spacial score (nSPS) is 42.0. The second-order valence-electron chi connectivity index (χ2n) is 4.91. The summed E-state index contributed by atoms with van der Waals surface area (Å²) >= 11 is 0. The van der Waals surface area contributed by atoms with Crippen molar-refractivity contribution in [3.8, 4) is 0 Å². The summed E-state index contributed by atoms with van der Waals surface area (Å²) in [6.45, 7) is 5.19. The molecule has 1 aliphatic carbocycles. The molecule has 0 radical (unpaired) electrons. The van der Waals surface area contributed by atoms with Gasteiger partial charge in [0.15, 0.2) is 0 Å². The van der Waals surface area contributed by atoms with Crippen LogP contribution in [-0.2, 0) is 0 Å². The van der Waals surface area contributed by atoms with Gasteiger partial charge in [0.1, 0.15) is 0 Å². The zero-order chi connectivity index (χ0) is 10.3. The topological polar surface area (TPSA) is 0 Å². The minimum absolute atomic E-state index is 0.204. The number of hydrogen-bond donors (Lipinski definition) is 0. The Labute approximate surface area is 77.5 Å². The van der Waals surface area contributed by atoms with Crippen molar-refractivity contribution in [1.29, 1.82) is 0 Å². The summed E-state index contributed by atoms with van der Waals surface area (Å²) in [5.41, 5.74) is -1.44. The maximum absolute atomic E-state index is 12.7. The van der Waals surface area contributed by atoms with Gasteiger partial charge in [0.25, 0.3) is 0 Å². The zero-order valence-electron chi connectivity index (χ0n) is 8.41. The van der Waals surface area contributed by atoms with Crippen LogP contribution in [0.3, 0.4) is 0 Å². The summed E-state index contributed by atoms with van der Waals surface area (Å²) in [5.74, 6) is 0.408. The van der Waals surface area contributed by atoms with Crippen LogP contribution in [0.15, 0.2) is 0 Å². The highest BCUT2D eigenvalue weighted by Crippen LogP contribution is 2.51. The Balaban J connectivity index is 2.78. The molecule has 1 saturated carbocycles. The van der Waals surface area contributed by atoms with Gasteiger partial charge in [-0.1, -0.05) is 20.8 Å². The molecule has 0 aromatic carbocycles. The van der Waals surface area contributed by atoms with E-state index in [1.54, 1.807) is 0 Å². The first-order valence-corrected chi connectivity index (χ1v) is 4.81. The first kappa shape index (κ1) is 10.9. The molecule has 0 aromatic heterocycles. The summed E-state index contributed by atoms with van der Waals surface area (Å²) in [7, 11) is 0. The molecule has 0 N–H and O–H groups in total. The molecule has 1 fully saturated rings. The quantitative estimate of drug-likeness (QED) is 0.546. The molecule has 3 heteroatoms. The van der Waals surface area contributed by atoms with Crippen LogP contribution in [0.2, 0.25) is 0 Å². The molecule has 0 bridgehead atoms. The van der Waals surface area contributed by atoms with E-state index in [0.717, 1.165) is 6.42 Å². The number of halogens is 3. The van der Waals surface area contributed by atoms with Crippen molar-refractivity contribution in [3.05, 3.63) is 0 Å². The first-order chi connectivity index (χ1) is 5.74. The second kappa shape index (κ2) is 3.18. The van der Waals surface area contributed by atoms with Crippen molar-refractivity contribution in [1.82, 2.24) is 0 Å². The third-order valence-corrected chi connectivity index (χ3v) is 3.09. The van der Waals surface area contributed by atoms with Gasteiger partial charge in [-0.05, 0) is 31.1 Å².